The van der Waals surface area contributed by atoms with Gasteiger partial charge in [-0.25, -0.2) is 0 Å². The molecule has 10 aromatic carbocycles. The van der Waals surface area contributed by atoms with Crippen LogP contribution in [0.3, 0.4) is 0 Å². The third-order valence-electron chi connectivity index (χ3n) is 12.8. The zero-order valence-corrected chi connectivity index (χ0v) is 37.4. The van der Waals surface area contributed by atoms with Crippen LogP contribution in [0.4, 0.5) is 34.1 Å². The molecule has 14 rings (SSSR count). The summed E-state index contributed by atoms with van der Waals surface area (Å²) < 4.78 is 10.6. The van der Waals surface area contributed by atoms with Crippen LogP contribution in [0.15, 0.2) is 206 Å². The number of hydrogen-bond donors (Lipinski definition) is 0. The van der Waals surface area contributed by atoms with Crippen LogP contribution in [-0.4, -0.2) is 0 Å². The minimum Gasteiger partial charge on any atom is -0.310 e. The van der Waals surface area contributed by atoms with E-state index in [1.165, 1.54) is 91.5 Å². The maximum Gasteiger partial charge on any atom is 0.0468 e. The first kappa shape index (κ1) is 36.4. The van der Waals surface area contributed by atoms with E-state index >= 15 is 0 Å². The number of anilines is 6. The summed E-state index contributed by atoms with van der Waals surface area (Å²) in [5.74, 6) is 0. The van der Waals surface area contributed by atoms with E-state index in [0.717, 1.165) is 34.1 Å². The van der Waals surface area contributed by atoms with Gasteiger partial charge in [-0.05, 0) is 109 Å². The molecule has 300 valence electrons. The molecule has 6 heteroatoms. The van der Waals surface area contributed by atoms with E-state index in [0.29, 0.717) is 0 Å². The molecule has 0 bridgehead atoms. The minimum atomic E-state index is 1.14. The fourth-order valence-corrected chi connectivity index (χ4v) is 14.5. The van der Waals surface area contributed by atoms with Crippen LogP contribution in [0.1, 0.15) is 0 Å². The summed E-state index contributed by atoms with van der Waals surface area (Å²) in [7, 11) is 0. The van der Waals surface area contributed by atoms with Crippen molar-refractivity contribution in [2.45, 2.75) is 0 Å². The zero-order valence-electron chi connectivity index (χ0n) is 34.2. The molecule has 0 amide bonds. The van der Waals surface area contributed by atoms with E-state index < -0.39 is 0 Å². The topological polar surface area (TPSA) is 6.48 Å². The molecule has 14 aromatic rings. The van der Waals surface area contributed by atoms with Gasteiger partial charge < -0.3 is 9.80 Å². The molecular weight excluding hydrogens is 853 g/mol. The van der Waals surface area contributed by atoms with Crippen molar-refractivity contribution in [1.82, 2.24) is 0 Å². The third kappa shape index (κ3) is 5.60. The first-order valence-electron chi connectivity index (χ1n) is 21.5. The summed E-state index contributed by atoms with van der Waals surface area (Å²) in [6, 6.07) is 76.5. The molecule has 0 unspecified atom stereocenters. The zero-order chi connectivity index (χ0) is 41.9. The Labute approximate surface area is 384 Å². The summed E-state index contributed by atoms with van der Waals surface area (Å²) >= 11 is 7.54. The lowest BCUT2D eigenvalue weighted by atomic mass is 10.0. The SMILES string of the molecule is c1ccc(N(c2ccc3sc4ccccc4c3c2)c2ccc3sc4c(ccc5c4ccc4c6cc(N(c7ccccc7)c7ccc8sc9ccccc9c8c7)ccc6sc45)c3c2)cc1. The Morgan fingerprint density at radius 2 is 0.500 bits per heavy atom. The Morgan fingerprint density at radius 1 is 0.203 bits per heavy atom. The molecule has 0 saturated heterocycles. The van der Waals surface area contributed by atoms with Gasteiger partial charge in [-0.2, -0.15) is 0 Å². The Hall–Kier alpha value is -7.06. The van der Waals surface area contributed by atoms with Crippen molar-refractivity contribution in [2.75, 3.05) is 9.80 Å². The molecule has 4 aromatic heterocycles. The van der Waals surface area contributed by atoms with E-state index in [2.05, 4.69) is 216 Å². The summed E-state index contributed by atoms with van der Waals surface area (Å²) in [6.07, 6.45) is 0. The van der Waals surface area contributed by atoms with Crippen molar-refractivity contribution >= 4 is 171 Å². The maximum absolute atomic E-state index is 2.41. The molecule has 0 spiro atoms. The van der Waals surface area contributed by atoms with E-state index in [9.17, 15) is 0 Å². The number of para-hydroxylation sites is 2. The first-order valence-corrected chi connectivity index (χ1v) is 24.7. The van der Waals surface area contributed by atoms with Crippen LogP contribution in [0, 0.1) is 0 Å². The van der Waals surface area contributed by atoms with Crippen molar-refractivity contribution in [2.24, 2.45) is 0 Å². The van der Waals surface area contributed by atoms with E-state index in [-0.39, 0.29) is 0 Å². The van der Waals surface area contributed by atoms with Gasteiger partial charge in [-0.1, -0.05) is 97.1 Å². The van der Waals surface area contributed by atoms with Crippen molar-refractivity contribution < 1.29 is 0 Å². The molecule has 0 saturated carbocycles. The second-order valence-electron chi connectivity index (χ2n) is 16.4. The summed E-state index contributed by atoms with van der Waals surface area (Å²) in [4.78, 5) is 4.82. The first-order chi connectivity index (χ1) is 31.7. The number of fused-ring (bicyclic) bond motifs is 15. The molecule has 0 N–H and O–H groups in total. The predicted molar refractivity (Wildman–Crippen MR) is 285 cm³/mol. The van der Waals surface area contributed by atoms with Crippen LogP contribution in [0.2, 0.25) is 0 Å². The molecule has 4 heterocycles. The van der Waals surface area contributed by atoms with Gasteiger partial charge in [0.2, 0.25) is 0 Å². The van der Waals surface area contributed by atoms with Crippen LogP contribution < -0.4 is 9.80 Å². The normalized spacial score (nSPS) is 12.1. The maximum atomic E-state index is 2.41. The Bertz CT molecular complexity index is 3890. The van der Waals surface area contributed by atoms with Crippen LogP contribution in [0.25, 0.3) is 91.5 Å². The van der Waals surface area contributed by atoms with Gasteiger partial charge in [0, 0.05) is 126 Å². The molecule has 2 nitrogen and oxygen atoms in total. The number of rotatable bonds is 6. The van der Waals surface area contributed by atoms with Gasteiger partial charge in [-0.3, -0.25) is 0 Å². The highest BCUT2D eigenvalue weighted by atomic mass is 32.1. The molecule has 0 aliphatic heterocycles. The van der Waals surface area contributed by atoms with Crippen molar-refractivity contribution in [3.05, 3.63) is 206 Å². The Morgan fingerprint density at radius 3 is 0.891 bits per heavy atom. The summed E-state index contributed by atoms with van der Waals surface area (Å²) in [6.45, 7) is 0. The molecular formula is C58H34N2S4. The fraction of sp³-hybridized carbons (Fsp3) is 0. The van der Waals surface area contributed by atoms with Crippen molar-refractivity contribution in [3.63, 3.8) is 0 Å². The second kappa shape index (κ2) is 14.2. The quantitative estimate of drug-likeness (QED) is 0.164. The van der Waals surface area contributed by atoms with Gasteiger partial charge in [-0.15, -0.1) is 45.3 Å². The van der Waals surface area contributed by atoms with Crippen LogP contribution >= 0.6 is 45.3 Å². The third-order valence-corrected chi connectivity index (χ3v) is 17.6. The molecule has 0 aliphatic rings. The van der Waals surface area contributed by atoms with Gasteiger partial charge in [0.25, 0.3) is 0 Å². The van der Waals surface area contributed by atoms with Gasteiger partial charge in [0.1, 0.15) is 0 Å². The summed E-state index contributed by atoms with van der Waals surface area (Å²) in [5, 5.41) is 13.0. The minimum absolute atomic E-state index is 1.14. The smallest absolute Gasteiger partial charge is 0.0468 e. The standard InChI is InChI=1S/C58H34N2S4/c1-3-11-35(12-4-1)59(37-19-27-53-47(31-37)41-15-7-9-17-51(41)61-53)39-21-29-55-49(33-39)45-25-23-44-43(57(45)63-55)24-26-46-50-34-40(22-30-56(50)64-58(44)46)60(36-13-5-2-6-14-36)38-20-28-54-48(32-38)42-16-8-10-18-52(42)62-54/h1-34H. The number of benzene rings is 10. The van der Waals surface area contributed by atoms with E-state index in [4.69, 9.17) is 0 Å². The monoisotopic (exact) mass is 886 g/mol. The highest BCUT2D eigenvalue weighted by Gasteiger charge is 2.20. The Balaban J connectivity index is 0.895. The lowest BCUT2D eigenvalue weighted by molar-refractivity contribution is 1.30. The van der Waals surface area contributed by atoms with Crippen LogP contribution in [-0.2, 0) is 0 Å². The average molecular weight is 887 g/mol. The molecule has 0 radical (unpaired) electrons. The summed E-state index contributed by atoms with van der Waals surface area (Å²) in [5.41, 5.74) is 6.91. The predicted octanol–water partition coefficient (Wildman–Crippen LogP) is 19.3. The van der Waals surface area contributed by atoms with E-state index in [1.54, 1.807) is 0 Å². The van der Waals surface area contributed by atoms with E-state index in [1.807, 2.05) is 45.3 Å². The molecule has 0 atom stereocenters. The number of hydrogen-bond acceptors (Lipinski definition) is 6. The lowest BCUT2D eigenvalue weighted by Crippen LogP contribution is -2.09. The molecule has 0 fully saturated rings. The van der Waals surface area contributed by atoms with Gasteiger partial charge >= 0.3 is 0 Å². The number of nitrogens with zero attached hydrogens (tertiary/aromatic N) is 2. The molecule has 64 heavy (non-hydrogen) atoms. The highest BCUT2D eigenvalue weighted by molar-refractivity contribution is 7.28. The lowest BCUT2D eigenvalue weighted by Gasteiger charge is -2.25. The highest BCUT2D eigenvalue weighted by Crippen LogP contribution is 2.48. The van der Waals surface area contributed by atoms with Crippen molar-refractivity contribution in [1.29, 1.82) is 0 Å². The fourth-order valence-electron chi connectivity index (χ4n) is 9.88. The second-order valence-corrected chi connectivity index (χ2v) is 20.7. The van der Waals surface area contributed by atoms with Crippen LogP contribution in [0.5, 0.6) is 0 Å². The Kier molecular flexibility index (Phi) is 8.10. The van der Waals surface area contributed by atoms with Gasteiger partial charge in [0.15, 0.2) is 0 Å². The largest absolute Gasteiger partial charge is 0.310 e. The average Bonchev–Trinajstić information content (AvgIpc) is 4.12. The van der Waals surface area contributed by atoms with Gasteiger partial charge in [0.05, 0.1) is 0 Å². The number of thiophene rings is 4. The molecule has 0 aliphatic carbocycles. The van der Waals surface area contributed by atoms with Crippen molar-refractivity contribution in [3.8, 4) is 0 Å².